The van der Waals surface area contributed by atoms with Crippen LogP contribution in [0.4, 0.5) is 5.95 Å². The van der Waals surface area contributed by atoms with Gasteiger partial charge in [-0.2, -0.15) is 0 Å². The molecule has 32 heavy (non-hydrogen) atoms. The molecule has 7 nitrogen and oxygen atoms in total. The molecule has 166 valence electrons. The average Bonchev–Trinajstić information content (AvgIpc) is 3.55. The molecule has 4 aromatic rings. The number of hydrogen-bond donors (Lipinski definition) is 0. The molecule has 0 aliphatic carbocycles. The molecule has 1 saturated heterocycles. The second kappa shape index (κ2) is 9.24. The largest absolute Gasteiger partial charge is 0.467 e. The highest BCUT2D eigenvalue weighted by Crippen LogP contribution is 2.29. The van der Waals surface area contributed by atoms with Gasteiger partial charge in [-0.25, -0.2) is 4.98 Å². The minimum absolute atomic E-state index is 0.612. The molecular formula is C24H27N5O2S. The van der Waals surface area contributed by atoms with Crippen molar-refractivity contribution in [1.29, 1.82) is 0 Å². The number of benzene rings is 1. The smallest absolute Gasteiger partial charge is 0.228 e. The van der Waals surface area contributed by atoms with E-state index in [-0.39, 0.29) is 0 Å². The molecule has 0 spiro atoms. The van der Waals surface area contributed by atoms with Crippen LogP contribution in [0.2, 0.25) is 0 Å². The molecule has 0 atom stereocenters. The fourth-order valence-electron chi connectivity index (χ4n) is 4.10. The van der Waals surface area contributed by atoms with Gasteiger partial charge in [0.1, 0.15) is 12.0 Å². The van der Waals surface area contributed by atoms with Gasteiger partial charge in [-0.3, -0.25) is 4.57 Å². The van der Waals surface area contributed by atoms with Gasteiger partial charge in [0.05, 0.1) is 18.5 Å². The van der Waals surface area contributed by atoms with Crippen molar-refractivity contribution in [3.05, 3.63) is 65.4 Å². The second-order valence-corrected chi connectivity index (χ2v) is 9.19. The zero-order valence-corrected chi connectivity index (χ0v) is 19.3. The summed E-state index contributed by atoms with van der Waals surface area (Å²) in [6.07, 6.45) is 7.10. The van der Waals surface area contributed by atoms with Crippen molar-refractivity contribution in [2.24, 2.45) is 0 Å². The van der Waals surface area contributed by atoms with Crippen LogP contribution in [0.15, 0.2) is 56.8 Å². The minimum Gasteiger partial charge on any atom is -0.467 e. The Labute approximate surface area is 191 Å². The minimum atomic E-state index is 0.612. The SMILES string of the molecule is Cc1ccc(-c2nc(CSc3nnc(N4CCCCC4)n3Cc3ccco3)co2)c(C)c1. The van der Waals surface area contributed by atoms with Crippen LogP contribution in [0.25, 0.3) is 11.5 Å². The Morgan fingerprint density at radius 2 is 1.91 bits per heavy atom. The molecule has 0 saturated carbocycles. The maximum atomic E-state index is 5.79. The molecule has 4 heterocycles. The number of aromatic nitrogens is 4. The summed E-state index contributed by atoms with van der Waals surface area (Å²) in [6.45, 7) is 6.82. The molecule has 0 radical (unpaired) electrons. The van der Waals surface area contributed by atoms with E-state index in [1.165, 1.54) is 24.8 Å². The molecule has 3 aromatic heterocycles. The van der Waals surface area contributed by atoms with Crippen LogP contribution >= 0.6 is 11.8 Å². The van der Waals surface area contributed by atoms with Crippen molar-refractivity contribution in [2.45, 2.75) is 50.6 Å². The summed E-state index contributed by atoms with van der Waals surface area (Å²) >= 11 is 1.62. The fraction of sp³-hybridized carbons (Fsp3) is 0.375. The van der Waals surface area contributed by atoms with Crippen LogP contribution in [-0.2, 0) is 12.3 Å². The standard InChI is InChI=1S/C24H27N5O2S/c1-17-8-9-21(18(2)13-17)22-25-19(15-31-22)16-32-24-27-26-23(28-10-4-3-5-11-28)29(24)14-20-7-6-12-30-20/h6-9,12-13,15H,3-5,10-11,14,16H2,1-2H3. The molecule has 8 heteroatoms. The Bertz CT molecular complexity index is 1180. The van der Waals surface area contributed by atoms with Gasteiger partial charge in [-0.05, 0) is 56.9 Å². The summed E-state index contributed by atoms with van der Waals surface area (Å²) in [4.78, 5) is 7.05. The molecule has 1 aliphatic rings. The third-order valence-corrected chi connectivity index (χ3v) is 6.74. The highest BCUT2D eigenvalue weighted by atomic mass is 32.2. The highest BCUT2D eigenvalue weighted by molar-refractivity contribution is 7.98. The molecule has 5 rings (SSSR count). The lowest BCUT2D eigenvalue weighted by Gasteiger charge is -2.27. The Morgan fingerprint density at radius 1 is 1.03 bits per heavy atom. The first-order valence-electron chi connectivity index (χ1n) is 11.0. The Hall–Kier alpha value is -3.00. The number of hydrogen-bond acceptors (Lipinski definition) is 7. The van der Waals surface area contributed by atoms with E-state index in [1.807, 2.05) is 12.1 Å². The van der Waals surface area contributed by atoms with Gasteiger partial charge in [0.15, 0.2) is 5.16 Å². The number of furan rings is 1. The zero-order valence-electron chi connectivity index (χ0n) is 18.5. The second-order valence-electron chi connectivity index (χ2n) is 8.25. The maximum Gasteiger partial charge on any atom is 0.228 e. The molecule has 0 amide bonds. The summed E-state index contributed by atoms with van der Waals surface area (Å²) in [5.74, 6) is 3.12. The van der Waals surface area contributed by atoms with Crippen LogP contribution in [0, 0.1) is 13.8 Å². The van der Waals surface area contributed by atoms with E-state index in [0.29, 0.717) is 18.2 Å². The van der Waals surface area contributed by atoms with Gasteiger partial charge < -0.3 is 13.7 Å². The number of rotatable bonds is 7. The number of piperidine rings is 1. The number of anilines is 1. The van der Waals surface area contributed by atoms with E-state index in [9.17, 15) is 0 Å². The van der Waals surface area contributed by atoms with Gasteiger partial charge in [-0.1, -0.05) is 29.5 Å². The maximum absolute atomic E-state index is 5.79. The normalized spacial score (nSPS) is 14.2. The van der Waals surface area contributed by atoms with Crippen molar-refractivity contribution >= 4 is 17.7 Å². The van der Waals surface area contributed by atoms with E-state index in [1.54, 1.807) is 24.3 Å². The van der Waals surface area contributed by atoms with Crippen molar-refractivity contribution in [2.75, 3.05) is 18.0 Å². The fourth-order valence-corrected chi connectivity index (χ4v) is 4.91. The summed E-state index contributed by atoms with van der Waals surface area (Å²) in [6, 6.07) is 10.2. The van der Waals surface area contributed by atoms with E-state index in [2.05, 4.69) is 51.7 Å². The Morgan fingerprint density at radius 3 is 2.69 bits per heavy atom. The third kappa shape index (κ3) is 4.46. The number of aryl methyl sites for hydroxylation is 2. The Balaban J connectivity index is 1.35. The van der Waals surface area contributed by atoms with Gasteiger partial charge in [0, 0.05) is 24.4 Å². The van der Waals surface area contributed by atoms with Gasteiger partial charge >= 0.3 is 0 Å². The lowest BCUT2D eigenvalue weighted by atomic mass is 10.1. The zero-order chi connectivity index (χ0) is 21.9. The monoisotopic (exact) mass is 449 g/mol. The molecule has 1 aromatic carbocycles. The van der Waals surface area contributed by atoms with E-state index >= 15 is 0 Å². The summed E-state index contributed by atoms with van der Waals surface area (Å²) < 4.78 is 13.5. The lowest BCUT2D eigenvalue weighted by molar-refractivity contribution is 0.479. The van der Waals surface area contributed by atoms with Crippen LogP contribution in [0.5, 0.6) is 0 Å². The summed E-state index contributed by atoms with van der Waals surface area (Å²) in [5.41, 5.74) is 4.31. The molecule has 0 unspecified atom stereocenters. The van der Waals surface area contributed by atoms with Crippen molar-refractivity contribution in [3.63, 3.8) is 0 Å². The topological polar surface area (TPSA) is 73.1 Å². The van der Waals surface area contributed by atoms with Crippen molar-refractivity contribution < 1.29 is 8.83 Å². The van der Waals surface area contributed by atoms with Crippen molar-refractivity contribution in [3.8, 4) is 11.5 Å². The van der Waals surface area contributed by atoms with Gasteiger partial charge in [-0.15, -0.1) is 10.2 Å². The quantitative estimate of drug-likeness (QED) is 0.346. The van der Waals surface area contributed by atoms with E-state index in [4.69, 9.17) is 13.8 Å². The first-order valence-corrected chi connectivity index (χ1v) is 12.0. The van der Waals surface area contributed by atoms with E-state index in [0.717, 1.165) is 46.8 Å². The van der Waals surface area contributed by atoms with Gasteiger partial charge in [0.25, 0.3) is 0 Å². The molecule has 0 N–H and O–H groups in total. The Kier molecular flexibility index (Phi) is 6.03. The van der Waals surface area contributed by atoms with Crippen LogP contribution < -0.4 is 4.90 Å². The lowest BCUT2D eigenvalue weighted by Crippen LogP contribution is -2.32. The van der Waals surface area contributed by atoms with Crippen LogP contribution in [0.3, 0.4) is 0 Å². The summed E-state index contributed by atoms with van der Waals surface area (Å²) in [5, 5.41) is 9.91. The number of thioether (sulfide) groups is 1. The summed E-state index contributed by atoms with van der Waals surface area (Å²) in [7, 11) is 0. The molecule has 1 aliphatic heterocycles. The molecule has 0 bridgehead atoms. The predicted molar refractivity (Wildman–Crippen MR) is 125 cm³/mol. The molecular weight excluding hydrogens is 422 g/mol. The van der Waals surface area contributed by atoms with Crippen LogP contribution in [-0.4, -0.2) is 32.8 Å². The van der Waals surface area contributed by atoms with Gasteiger partial charge in [0.2, 0.25) is 11.8 Å². The highest BCUT2D eigenvalue weighted by Gasteiger charge is 2.21. The van der Waals surface area contributed by atoms with Crippen molar-refractivity contribution in [1.82, 2.24) is 19.7 Å². The molecule has 1 fully saturated rings. The number of oxazole rings is 1. The van der Waals surface area contributed by atoms with E-state index < -0.39 is 0 Å². The predicted octanol–water partition coefficient (Wildman–Crippen LogP) is 5.47. The first-order chi connectivity index (χ1) is 15.7. The number of nitrogens with zero attached hydrogens (tertiary/aromatic N) is 5. The first kappa shape index (κ1) is 20.9. The van der Waals surface area contributed by atoms with Crippen LogP contribution in [0.1, 0.15) is 41.8 Å². The third-order valence-electron chi connectivity index (χ3n) is 5.74. The average molecular weight is 450 g/mol.